The fourth-order valence-corrected chi connectivity index (χ4v) is 5.17. The van der Waals surface area contributed by atoms with Gasteiger partial charge in [-0.3, -0.25) is 9.69 Å². The molecule has 1 aliphatic rings. The summed E-state index contributed by atoms with van der Waals surface area (Å²) in [4.78, 5) is 15.1. The van der Waals surface area contributed by atoms with Crippen molar-refractivity contribution >= 4 is 5.91 Å². The number of halogens is 1. The maximum absolute atomic E-state index is 14.6. The first-order valence-electron chi connectivity index (χ1n) is 13.1. The molecule has 0 saturated carbocycles. The van der Waals surface area contributed by atoms with E-state index in [-0.39, 0.29) is 17.8 Å². The number of hydrogen-bond acceptors (Lipinski definition) is 3. The van der Waals surface area contributed by atoms with Crippen LogP contribution in [-0.4, -0.2) is 23.5 Å². The second kappa shape index (κ2) is 11.6. The Morgan fingerprint density at radius 3 is 2.58 bits per heavy atom. The highest BCUT2D eigenvalue weighted by Crippen LogP contribution is 2.38. The number of carbonyl (C=O) groups excluding carboxylic acids is 1. The first-order chi connectivity index (χ1) is 18.5. The number of ether oxygens (including phenoxy) is 1. The largest absolute Gasteiger partial charge is 0.481 e. The van der Waals surface area contributed by atoms with Crippen molar-refractivity contribution < 1.29 is 13.9 Å². The van der Waals surface area contributed by atoms with Gasteiger partial charge in [0, 0.05) is 25.2 Å². The van der Waals surface area contributed by atoms with Crippen molar-refractivity contribution in [3.05, 3.63) is 136 Å². The third kappa shape index (κ3) is 5.95. The highest BCUT2D eigenvalue weighted by Gasteiger charge is 2.30. The smallest absolute Gasteiger partial charge is 0.261 e. The molecule has 0 spiro atoms. The molecular weight excluding hydrogens is 475 g/mol. The lowest BCUT2D eigenvalue weighted by Crippen LogP contribution is -2.37. The summed E-state index contributed by atoms with van der Waals surface area (Å²) >= 11 is 0. The molecule has 4 aromatic carbocycles. The van der Waals surface area contributed by atoms with E-state index < -0.39 is 6.10 Å². The van der Waals surface area contributed by atoms with Crippen molar-refractivity contribution in [1.82, 2.24) is 10.2 Å². The van der Waals surface area contributed by atoms with E-state index in [9.17, 15) is 9.18 Å². The fraction of sp³-hybridized carbons (Fsp3) is 0.242. The van der Waals surface area contributed by atoms with Gasteiger partial charge in [0.15, 0.2) is 6.10 Å². The van der Waals surface area contributed by atoms with Gasteiger partial charge in [0.2, 0.25) is 0 Å². The lowest BCUT2D eigenvalue weighted by Gasteiger charge is -2.38. The minimum atomic E-state index is -0.647. The molecule has 4 aromatic rings. The Morgan fingerprint density at radius 2 is 1.79 bits per heavy atom. The van der Waals surface area contributed by atoms with Crippen molar-refractivity contribution in [3.8, 4) is 5.75 Å². The minimum Gasteiger partial charge on any atom is -0.481 e. The number of fused-ring (bicyclic) bond motifs is 1. The van der Waals surface area contributed by atoms with Crippen LogP contribution in [-0.2, 0) is 24.3 Å². The zero-order valence-electron chi connectivity index (χ0n) is 21.9. The fourth-order valence-electron chi connectivity index (χ4n) is 5.17. The Hall–Kier alpha value is -3.96. The van der Waals surface area contributed by atoms with Gasteiger partial charge in [0.25, 0.3) is 5.91 Å². The van der Waals surface area contributed by atoms with Gasteiger partial charge >= 0.3 is 0 Å². The number of aryl methyl sites for hydroxylation is 1. The molecule has 1 amide bonds. The predicted octanol–water partition coefficient (Wildman–Crippen LogP) is 6.37. The summed E-state index contributed by atoms with van der Waals surface area (Å²) in [7, 11) is 0. The van der Waals surface area contributed by atoms with Gasteiger partial charge in [-0.25, -0.2) is 4.39 Å². The van der Waals surface area contributed by atoms with Gasteiger partial charge < -0.3 is 10.1 Å². The van der Waals surface area contributed by atoms with Crippen molar-refractivity contribution in [2.75, 3.05) is 6.54 Å². The topological polar surface area (TPSA) is 41.6 Å². The lowest BCUT2D eigenvalue weighted by molar-refractivity contribution is -0.127. The highest BCUT2D eigenvalue weighted by atomic mass is 19.1. The molecule has 0 saturated heterocycles. The van der Waals surface area contributed by atoms with Crippen LogP contribution in [0.2, 0.25) is 0 Å². The Balaban J connectivity index is 1.36. The van der Waals surface area contributed by atoms with Crippen LogP contribution in [0.3, 0.4) is 0 Å². The Bertz CT molecular complexity index is 1410. The quantitative estimate of drug-likeness (QED) is 0.301. The monoisotopic (exact) mass is 508 g/mol. The average molecular weight is 509 g/mol. The molecule has 4 nitrogen and oxygen atoms in total. The van der Waals surface area contributed by atoms with E-state index in [0.29, 0.717) is 24.4 Å². The second-order valence-corrected chi connectivity index (χ2v) is 9.95. The summed E-state index contributed by atoms with van der Waals surface area (Å²) in [5.41, 5.74) is 6.41. The van der Waals surface area contributed by atoms with Gasteiger partial charge in [-0.1, -0.05) is 84.4 Å². The number of hydrogen-bond donors (Lipinski definition) is 1. The molecule has 0 fully saturated rings. The van der Waals surface area contributed by atoms with Crippen LogP contribution >= 0.6 is 0 Å². The summed E-state index contributed by atoms with van der Waals surface area (Å²) in [6, 6.07) is 31.4. The highest BCUT2D eigenvalue weighted by molar-refractivity contribution is 5.80. The van der Waals surface area contributed by atoms with Crippen molar-refractivity contribution in [1.29, 1.82) is 0 Å². The molecule has 5 rings (SSSR count). The van der Waals surface area contributed by atoms with E-state index in [1.807, 2.05) is 67.6 Å². The van der Waals surface area contributed by atoms with E-state index in [4.69, 9.17) is 4.74 Å². The number of benzene rings is 4. The molecule has 194 valence electrons. The van der Waals surface area contributed by atoms with Gasteiger partial charge in [-0.05, 0) is 60.7 Å². The van der Waals surface area contributed by atoms with Gasteiger partial charge in [0.05, 0.1) is 6.04 Å². The van der Waals surface area contributed by atoms with Gasteiger partial charge in [0.1, 0.15) is 11.6 Å². The zero-order valence-corrected chi connectivity index (χ0v) is 21.9. The number of amides is 1. The Kier molecular flexibility index (Phi) is 7.85. The average Bonchev–Trinajstić information content (AvgIpc) is 2.93. The van der Waals surface area contributed by atoms with Gasteiger partial charge in [-0.15, -0.1) is 0 Å². The number of nitrogens with zero attached hydrogens (tertiary/aromatic N) is 1. The van der Waals surface area contributed by atoms with Crippen molar-refractivity contribution in [2.24, 2.45) is 0 Å². The molecule has 1 N–H and O–H groups in total. The van der Waals surface area contributed by atoms with E-state index in [1.165, 1.54) is 11.6 Å². The van der Waals surface area contributed by atoms with E-state index in [0.717, 1.165) is 35.2 Å². The lowest BCUT2D eigenvalue weighted by atomic mass is 9.87. The van der Waals surface area contributed by atoms with Crippen LogP contribution in [0.5, 0.6) is 5.75 Å². The zero-order chi connectivity index (χ0) is 26.5. The molecule has 0 bridgehead atoms. The Morgan fingerprint density at radius 1 is 1.00 bits per heavy atom. The number of nitrogens with one attached hydrogen (secondary N) is 1. The van der Waals surface area contributed by atoms with Crippen LogP contribution in [0.15, 0.2) is 97.1 Å². The first kappa shape index (κ1) is 25.7. The van der Waals surface area contributed by atoms with Crippen LogP contribution in [0.25, 0.3) is 0 Å². The second-order valence-electron chi connectivity index (χ2n) is 9.95. The molecule has 5 heteroatoms. The van der Waals surface area contributed by atoms with Crippen molar-refractivity contribution in [3.63, 3.8) is 0 Å². The molecular formula is C33H33FN2O2. The van der Waals surface area contributed by atoms with Crippen molar-refractivity contribution in [2.45, 2.75) is 45.5 Å². The van der Waals surface area contributed by atoms with E-state index >= 15 is 0 Å². The third-order valence-electron chi connectivity index (χ3n) is 7.12. The molecule has 0 radical (unpaired) electrons. The summed E-state index contributed by atoms with van der Waals surface area (Å²) in [5.74, 6) is 0.299. The molecule has 2 atom stereocenters. The standard InChI is InChI=1S/C33H33FN2O2/c1-23-9-8-10-25(19-23)21-35-33(37)24(2)38-29-16-15-26-17-18-36(22-28-13-6-7-14-31(28)34)32(30(26)20-29)27-11-4-3-5-12-27/h3-16,19-20,24,32H,17-18,21-22H2,1-2H3,(H,35,37)/t24-,32-/m1/s1. The first-order valence-corrected chi connectivity index (χ1v) is 13.1. The summed E-state index contributed by atoms with van der Waals surface area (Å²) < 4.78 is 20.7. The Labute approximate surface area is 224 Å². The van der Waals surface area contributed by atoms with Crippen LogP contribution in [0, 0.1) is 12.7 Å². The van der Waals surface area contributed by atoms with Crippen LogP contribution in [0.4, 0.5) is 4.39 Å². The normalized spacial score (nSPS) is 15.9. The maximum atomic E-state index is 14.6. The summed E-state index contributed by atoms with van der Waals surface area (Å²) in [6.07, 6.45) is 0.214. The minimum absolute atomic E-state index is 0.0476. The maximum Gasteiger partial charge on any atom is 0.261 e. The predicted molar refractivity (Wildman–Crippen MR) is 148 cm³/mol. The molecule has 1 aliphatic heterocycles. The molecule has 0 aromatic heterocycles. The van der Waals surface area contributed by atoms with E-state index in [2.05, 4.69) is 34.5 Å². The van der Waals surface area contributed by atoms with Crippen LogP contribution < -0.4 is 10.1 Å². The third-order valence-corrected chi connectivity index (χ3v) is 7.12. The van der Waals surface area contributed by atoms with E-state index in [1.54, 1.807) is 13.0 Å². The summed E-state index contributed by atoms with van der Waals surface area (Å²) in [6.45, 7) is 5.59. The molecule has 0 unspecified atom stereocenters. The van der Waals surface area contributed by atoms with Gasteiger partial charge in [-0.2, -0.15) is 0 Å². The summed E-state index contributed by atoms with van der Waals surface area (Å²) in [5, 5.41) is 2.98. The molecule has 1 heterocycles. The molecule has 0 aliphatic carbocycles. The molecule has 38 heavy (non-hydrogen) atoms. The number of rotatable bonds is 8. The number of carbonyl (C=O) groups is 1. The SMILES string of the molecule is Cc1cccc(CNC(=O)[C@@H](C)Oc2ccc3c(c2)[C@@H](c2ccccc2)N(Cc2ccccc2F)CC3)c1. The van der Waals surface area contributed by atoms with Crippen LogP contribution in [0.1, 0.15) is 46.3 Å².